The van der Waals surface area contributed by atoms with Crippen molar-refractivity contribution in [2.45, 2.75) is 302 Å². The Bertz CT molecular complexity index is 4300. The number of aromatic amines is 2. The summed E-state index contributed by atoms with van der Waals surface area (Å²) in [5.41, 5.74) is 8.65. The number of H-pyrrole nitrogens is 2. The number of ether oxygens (including phenoxy) is 4. The fraction of sp³-hybridized carbons (Fsp3) is 0.567. The van der Waals surface area contributed by atoms with Crippen molar-refractivity contribution >= 4 is 33.8 Å². The van der Waals surface area contributed by atoms with Crippen LogP contribution >= 0.6 is 0 Å². The quantitative estimate of drug-likeness (QED) is 0.00845. The van der Waals surface area contributed by atoms with Crippen LogP contribution in [-0.4, -0.2) is 144 Å². The van der Waals surface area contributed by atoms with E-state index in [4.69, 9.17) is 24.1 Å². The number of nitrogens with zero attached hydrogens (tertiary/aromatic N) is 3. The Morgan fingerprint density at radius 1 is 0.690 bits per heavy atom. The molecule has 1 aliphatic carbocycles. The molecule has 19 heteroatoms. The van der Waals surface area contributed by atoms with Crippen molar-refractivity contribution < 1.29 is 58.5 Å². The molecule has 634 valence electrons. The van der Waals surface area contributed by atoms with Crippen molar-refractivity contribution in [2.24, 2.45) is 11.8 Å². The average Bonchev–Trinajstić information content (AvgIpc) is 0.920. The first-order valence-corrected chi connectivity index (χ1v) is 43.9. The third-order valence-electron chi connectivity index (χ3n) is 24.1. The number of carbonyl (C=O) groups excluding carboxylic acids is 2. The Kier molecular flexibility index (Phi) is 37.0. The summed E-state index contributed by atoms with van der Waals surface area (Å²) in [6, 6.07) is 38.9. The molecule has 5 aromatic carbocycles. The molecule has 11 atom stereocenters. The third kappa shape index (κ3) is 26.7. The monoisotopic (exact) mass is 1600 g/mol. The van der Waals surface area contributed by atoms with Crippen LogP contribution in [0.1, 0.15) is 291 Å². The minimum absolute atomic E-state index is 0.0356. The number of aromatic nitrogens is 3. The van der Waals surface area contributed by atoms with E-state index >= 15 is 0 Å². The SMILES string of the molecule is CC/C(=C(/c1ccc(OCCN(C)C)cc1)c1cccc(O)c1)c1ccccc1.CCCCCCCCCCCCCCCCCCCCCCO.CCCCCc1cc(O)c2c(c1)OC(C)(C)[C@@H]1CCC(C)=C[C@@H]21.C[C@H]1O[C@@H](n2cc(F)c(=O)[nH]c2=O)[C@H](O)[C@@H]1O.O=C(OC1C[C@@H]2CC3C[C@H](C1)N2CC3=O)c1c[nH]c2ccccc12. The number of aliphatic hydroxyl groups is 3. The van der Waals surface area contributed by atoms with Crippen LogP contribution in [0.15, 0.2) is 149 Å². The maximum Gasteiger partial charge on any atom is 0.340 e. The topological polar surface area (TPSA) is 249 Å². The average molecular weight is 1600 g/mol. The van der Waals surface area contributed by atoms with Crippen molar-refractivity contribution in [3.63, 3.8) is 0 Å². The number of benzene rings is 5. The number of aryl methyl sites for hydroxylation is 1. The number of fused-ring (bicyclic) bond motifs is 5. The number of phenols is 2. The molecule has 0 amide bonds. The van der Waals surface area contributed by atoms with Gasteiger partial charge in [-0.15, -0.1) is 0 Å². The van der Waals surface area contributed by atoms with Gasteiger partial charge in [-0.1, -0.05) is 240 Å². The first-order valence-electron chi connectivity index (χ1n) is 43.9. The first kappa shape index (κ1) is 91.7. The molecule has 6 aliphatic heterocycles. The van der Waals surface area contributed by atoms with Crippen molar-refractivity contribution in [2.75, 3.05) is 40.4 Å². The predicted molar refractivity (Wildman–Crippen MR) is 463 cm³/mol. The molecule has 2 aromatic heterocycles. The van der Waals surface area contributed by atoms with Crippen molar-refractivity contribution in [1.82, 2.24) is 24.3 Å². The van der Waals surface area contributed by atoms with Gasteiger partial charge in [0.15, 0.2) is 6.23 Å². The van der Waals surface area contributed by atoms with Crippen molar-refractivity contribution in [3.8, 4) is 23.0 Å². The fourth-order valence-corrected chi connectivity index (χ4v) is 17.7. The molecule has 14 rings (SSSR count). The molecule has 5 saturated heterocycles. The second-order valence-corrected chi connectivity index (χ2v) is 33.8. The van der Waals surface area contributed by atoms with E-state index in [1.54, 1.807) is 17.2 Å². The molecule has 7 N–H and O–H groups in total. The van der Waals surface area contributed by atoms with E-state index in [-0.39, 0.29) is 35.3 Å². The summed E-state index contributed by atoms with van der Waals surface area (Å²) in [7, 11) is 4.07. The lowest BCUT2D eigenvalue weighted by atomic mass is 9.68. The number of para-hydroxylation sites is 1. The second kappa shape index (κ2) is 46.8. The summed E-state index contributed by atoms with van der Waals surface area (Å²) in [6.45, 7) is 17.3. The zero-order valence-corrected chi connectivity index (χ0v) is 70.9. The number of hydrogen-bond acceptors (Lipinski definition) is 15. The van der Waals surface area contributed by atoms with Crippen LogP contribution in [-0.2, 0) is 20.7 Å². The largest absolute Gasteiger partial charge is 0.508 e. The van der Waals surface area contributed by atoms with Crippen molar-refractivity contribution in [3.05, 3.63) is 199 Å². The standard InChI is InChI=1S/C26H29NO2.C22H46O.C21H30O2.C19H20N2O3.C9H11FN2O5/c1-4-25(20-9-6-5-7-10-20)26(22-11-8-12-23(28)19-22)21-13-15-24(16-14-21)29-18-17-27(2)3;1-2-3-4-5-6-7-8-9-10-11-12-13-14-15-16-17-18-19-20-21-22-23;1-5-6-7-8-15-12-18(22)20-16-11-14(2)9-10-17(16)21(3,4)23-19(20)13-15;22-18-10-21-12-5-11(18)6-13(21)8-14(7-12)24-19(23)16-9-20-17-4-2-1-3-15(16)17;1-3-5(13)6(14)8(17-3)12-2-4(10)7(15)11-9(12)16/h5-16,19,28H,4,17-18H2,1-3H3;23H,2-22H2,1H3;11-13,16-17,22H,5-10H2,1-4H3;1-4,9,11-14,20H,5-8,10H2;2-3,5-6,8,13-14H,1H3,(H,11,15,16)/b26-25+;;;;/t;;16-,17-;11?,12-,13+,14?;3-,5-,6-,8-/m..1.1/s1. The number of esters is 1. The van der Waals surface area contributed by atoms with Gasteiger partial charge >= 0.3 is 11.7 Å². The molecule has 18 nitrogen and oxygen atoms in total. The van der Waals surface area contributed by atoms with Crippen LogP contribution < -0.4 is 20.7 Å². The van der Waals surface area contributed by atoms with Gasteiger partial charge in [-0.2, -0.15) is 4.39 Å². The number of hydrogen-bond donors (Lipinski definition) is 7. The summed E-state index contributed by atoms with van der Waals surface area (Å²) in [5, 5.41) is 49.4. The Morgan fingerprint density at radius 2 is 1.28 bits per heavy atom. The summed E-state index contributed by atoms with van der Waals surface area (Å²) >= 11 is 0. The van der Waals surface area contributed by atoms with Crippen LogP contribution in [0.3, 0.4) is 0 Å². The summed E-state index contributed by atoms with van der Waals surface area (Å²) in [5.74, 6) is 2.41. The van der Waals surface area contributed by atoms with E-state index in [0.29, 0.717) is 65.6 Å². The number of nitrogens with one attached hydrogen (secondary N) is 2. The lowest BCUT2D eigenvalue weighted by Crippen LogP contribution is -2.63. The highest BCUT2D eigenvalue weighted by Crippen LogP contribution is 2.54. The number of ketones is 1. The van der Waals surface area contributed by atoms with Gasteiger partial charge in [0.1, 0.15) is 59.3 Å². The molecule has 0 saturated carbocycles. The van der Waals surface area contributed by atoms with Crippen LogP contribution in [0, 0.1) is 17.7 Å². The molecule has 4 bridgehead atoms. The van der Waals surface area contributed by atoms with Gasteiger partial charge in [0.2, 0.25) is 5.82 Å². The Hall–Kier alpha value is -8.17. The summed E-state index contributed by atoms with van der Waals surface area (Å²) < 4.78 is 36.9. The first-order chi connectivity index (χ1) is 56.0. The summed E-state index contributed by atoms with van der Waals surface area (Å²) in [6.07, 6.45) is 39.7. The Morgan fingerprint density at radius 3 is 1.86 bits per heavy atom. The van der Waals surface area contributed by atoms with Crippen LogP contribution in [0.2, 0.25) is 0 Å². The minimum Gasteiger partial charge on any atom is -0.508 e. The van der Waals surface area contributed by atoms with Gasteiger partial charge in [-0.25, -0.2) is 9.59 Å². The number of aromatic hydroxyl groups is 2. The van der Waals surface area contributed by atoms with E-state index in [1.165, 1.54) is 170 Å². The molecule has 7 aliphatic rings. The number of halogens is 1. The normalized spacial score (nSPS) is 22.2. The number of carbonyl (C=O) groups is 2. The van der Waals surface area contributed by atoms with Crippen LogP contribution in [0.5, 0.6) is 23.0 Å². The smallest absolute Gasteiger partial charge is 0.340 e. The highest BCUT2D eigenvalue weighted by Gasteiger charge is 2.50. The molecule has 0 radical (unpaired) electrons. The highest BCUT2D eigenvalue weighted by atomic mass is 19.1. The summed E-state index contributed by atoms with van der Waals surface area (Å²) in [4.78, 5) is 56.0. The maximum atomic E-state index is 13.0. The zero-order chi connectivity index (χ0) is 83.1. The number of piperidine rings is 4. The molecule has 116 heavy (non-hydrogen) atoms. The molecule has 5 fully saturated rings. The van der Waals surface area contributed by atoms with E-state index in [9.17, 15) is 44.0 Å². The van der Waals surface area contributed by atoms with Gasteiger partial charge in [-0.05, 0) is 169 Å². The number of likely N-dealkylation sites (N-methyl/N-ethyl adjacent to an activating group) is 1. The lowest BCUT2D eigenvalue weighted by molar-refractivity contribution is -0.145. The van der Waals surface area contributed by atoms with Gasteiger partial charge < -0.3 is 54.4 Å². The molecular formula is C97H136FN5O13. The van der Waals surface area contributed by atoms with E-state index in [1.807, 2.05) is 74.8 Å². The number of Topliss-reactive ketones (excluding diaryl/α,β-unsaturated/α-hetero) is 1. The van der Waals surface area contributed by atoms with Gasteiger partial charge in [0, 0.05) is 78.5 Å². The number of allylic oxidation sites excluding steroid dienone is 3. The molecule has 8 heterocycles. The van der Waals surface area contributed by atoms with Crippen molar-refractivity contribution in [1.29, 1.82) is 0 Å². The molecule has 7 aromatic rings. The zero-order valence-electron chi connectivity index (χ0n) is 70.9. The lowest BCUT2D eigenvalue weighted by Gasteiger charge is -2.54. The van der Waals surface area contributed by atoms with E-state index in [0.717, 1.165) is 109 Å². The Balaban J connectivity index is 0.000000167. The highest BCUT2D eigenvalue weighted by molar-refractivity contribution is 6.04. The number of unbranched alkanes of at least 4 members (excludes halogenated alkanes) is 21. The van der Waals surface area contributed by atoms with Gasteiger partial charge in [0.05, 0.1) is 24.4 Å². The Labute approximate surface area is 689 Å². The minimum atomic E-state index is -1.37. The molecule has 0 spiro atoms. The molecular weight excluding hydrogens is 1460 g/mol. The second-order valence-electron chi connectivity index (χ2n) is 33.8. The number of phenolic OH excluding ortho intramolecular Hbond substituents is 2. The predicted octanol–water partition coefficient (Wildman–Crippen LogP) is 20.1. The maximum absolute atomic E-state index is 13.0. The van der Waals surface area contributed by atoms with E-state index in [2.05, 4.69) is 111 Å². The van der Waals surface area contributed by atoms with Crippen LogP contribution in [0.25, 0.3) is 22.0 Å². The van der Waals surface area contributed by atoms with Crippen LogP contribution in [0.4, 0.5) is 4.39 Å². The number of rotatable bonds is 35. The fourth-order valence-electron chi connectivity index (χ4n) is 17.7. The van der Waals surface area contributed by atoms with E-state index < -0.39 is 41.6 Å². The van der Waals surface area contributed by atoms with Gasteiger partial charge in [0.25, 0.3) is 5.56 Å². The number of aliphatic hydroxyl groups excluding tert-OH is 3. The third-order valence-corrected chi connectivity index (χ3v) is 24.1. The molecule has 3 unspecified atom stereocenters. The van der Waals surface area contributed by atoms with Gasteiger partial charge in [-0.3, -0.25) is 24.0 Å².